The molecule has 2 N–H and O–H groups in total. The molecule has 3 rings (SSSR count). The number of halogens is 1. The molecule has 138 valence electrons. The smallest absolute Gasteiger partial charge is 0.319 e. The minimum atomic E-state index is -0.250. The molecule has 0 aromatic heterocycles. The average Bonchev–Trinajstić information content (AvgIpc) is 2.60. The van der Waals surface area contributed by atoms with E-state index in [0.29, 0.717) is 17.3 Å². The second-order valence-electron chi connectivity index (χ2n) is 6.55. The molecule has 1 aliphatic heterocycles. The first-order chi connectivity index (χ1) is 12.6. The largest absolute Gasteiger partial charge is 0.376 e. The Morgan fingerprint density at radius 3 is 2.85 bits per heavy atom. The molecular formula is C20H24ClN3O2. The fourth-order valence-electron chi connectivity index (χ4n) is 3.05. The number of carbonyl (C=O) groups excluding carboxylic acids is 1. The Morgan fingerprint density at radius 2 is 2.04 bits per heavy atom. The summed E-state index contributed by atoms with van der Waals surface area (Å²) < 4.78 is 5.59. The van der Waals surface area contributed by atoms with Crippen LogP contribution in [-0.4, -0.2) is 36.7 Å². The summed E-state index contributed by atoms with van der Waals surface area (Å²) in [4.78, 5) is 14.4. The van der Waals surface area contributed by atoms with Crippen molar-refractivity contribution in [2.24, 2.45) is 0 Å². The molecule has 1 unspecified atom stereocenters. The van der Waals surface area contributed by atoms with Crippen molar-refractivity contribution in [2.45, 2.75) is 26.1 Å². The molecule has 0 aliphatic carbocycles. The van der Waals surface area contributed by atoms with Crippen LogP contribution in [0, 0.1) is 0 Å². The molecule has 0 radical (unpaired) electrons. The van der Waals surface area contributed by atoms with Gasteiger partial charge in [0.1, 0.15) is 0 Å². The predicted molar refractivity (Wildman–Crippen MR) is 104 cm³/mol. The van der Waals surface area contributed by atoms with Crippen LogP contribution in [0.15, 0.2) is 48.5 Å². The predicted octanol–water partition coefficient (Wildman–Crippen LogP) is 3.88. The average molecular weight is 374 g/mol. The van der Waals surface area contributed by atoms with Crippen LogP contribution in [0.25, 0.3) is 0 Å². The fraction of sp³-hybridized carbons (Fsp3) is 0.350. The van der Waals surface area contributed by atoms with Crippen molar-refractivity contribution in [3.8, 4) is 0 Å². The first-order valence-electron chi connectivity index (χ1n) is 8.81. The maximum atomic E-state index is 12.0. The summed E-state index contributed by atoms with van der Waals surface area (Å²) in [5.74, 6) is 0. The molecule has 0 saturated carbocycles. The summed E-state index contributed by atoms with van der Waals surface area (Å²) in [7, 11) is 0. The zero-order valence-electron chi connectivity index (χ0n) is 14.9. The first-order valence-corrected chi connectivity index (χ1v) is 9.18. The van der Waals surface area contributed by atoms with Crippen molar-refractivity contribution in [3.63, 3.8) is 0 Å². The number of amides is 2. The molecule has 2 aromatic carbocycles. The zero-order chi connectivity index (χ0) is 18.4. The second-order valence-corrected chi connectivity index (χ2v) is 6.99. The number of hydrogen-bond acceptors (Lipinski definition) is 3. The Morgan fingerprint density at radius 1 is 1.23 bits per heavy atom. The number of rotatable bonds is 5. The second kappa shape index (κ2) is 9.03. The van der Waals surface area contributed by atoms with Gasteiger partial charge in [-0.3, -0.25) is 4.90 Å². The normalized spacial score (nSPS) is 17.7. The molecule has 1 atom stereocenters. The van der Waals surface area contributed by atoms with Gasteiger partial charge < -0.3 is 15.4 Å². The molecule has 0 bridgehead atoms. The lowest BCUT2D eigenvalue weighted by Crippen LogP contribution is -2.40. The Bertz CT molecular complexity index is 753. The van der Waals surface area contributed by atoms with Crippen LogP contribution in [0.5, 0.6) is 0 Å². The number of hydrogen-bond donors (Lipinski definition) is 2. The Labute approximate surface area is 159 Å². The number of anilines is 1. The third-order valence-electron chi connectivity index (χ3n) is 4.26. The highest BCUT2D eigenvalue weighted by atomic mass is 35.5. The van der Waals surface area contributed by atoms with Gasteiger partial charge in [-0.25, -0.2) is 4.79 Å². The maximum Gasteiger partial charge on any atom is 0.319 e. The lowest BCUT2D eigenvalue weighted by molar-refractivity contribution is -0.0212. The number of nitrogens with one attached hydrogen (secondary N) is 2. The van der Waals surface area contributed by atoms with Gasteiger partial charge in [-0.1, -0.05) is 41.9 Å². The fourth-order valence-corrected chi connectivity index (χ4v) is 3.24. The van der Waals surface area contributed by atoms with Gasteiger partial charge in [0.2, 0.25) is 0 Å². The molecule has 1 heterocycles. The van der Waals surface area contributed by atoms with E-state index in [-0.39, 0.29) is 12.1 Å². The Balaban J connectivity index is 1.51. The summed E-state index contributed by atoms with van der Waals surface area (Å²) in [6.07, 6.45) is 0.281. The SMILES string of the molecule is CC1CN(Cc2cccc(CNC(=O)Nc3cccc(Cl)c3)c2)CCO1. The minimum absolute atomic E-state index is 0.250. The van der Waals surface area contributed by atoms with E-state index in [1.165, 1.54) is 5.56 Å². The highest BCUT2D eigenvalue weighted by Crippen LogP contribution is 2.15. The van der Waals surface area contributed by atoms with Gasteiger partial charge in [0.15, 0.2) is 0 Å². The molecule has 1 aliphatic rings. The van der Waals surface area contributed by atoms with E-state index in [0.717, 1.165) is 31.8 Å². The number of ether oxygens (including phenoxy) is 1. The summed E-state index contributed by atoms with van der Waals surface area (Å²) in [6, 6.07) is 15.1. The molecule has 6 heteroatoms. The molecule has 2 amide bonds. The standard InChI is InChI=1S/C20H24ClN3O2/c1-15-13-24(8-9-26-15)14-17-5-2-4-16(10-17)12-22-20(25)23-19-7-3-6-18(21)11-19/h2-7,10-11,15H,8-9,12-14H2,1H3,(H2,22,23,25). The third kappa shape index (κ3) is 5.73. The van der Waals surface area contributed by atoms with Gasteiger partial charge in [0, 0.05) is 36.9 Å². The highest BCUT2D eigenvalue weighted by Gasteiger charge is 2.16. The molecule has 26 heavy (non-hydrogen) atoms. The Kier molecular flexibility index (Phi) is 6.50. The van der Waals surface area contributed by atoms with Crippen LogP contribution >= 0.6 is 11.6 Å². The molecule has 1 fully saturated rings. The number of nitrogens with zero attached hydrogens (tertiary/aromatic N) is 1. The van der Waals surface area contributed by atoms with Crippen LogP contribution in [0.2, 0.25) is 5.02 Å². The lowest BCUT2D eigenvalue weighted by atomic mass is 10.1. The monoisotopic (exact) mass is 373 g/mol. The van der Waals surface area contributed by atoms with Crippen LogP contribution in [0.1, 0.15) is 18.1 Å². The highest BCUT2D eigenvalue weighted by molar-refractivity contribution is 6.30. The summed E-state index contributed by atoms with van der Waals surface area (Å²) in [5.41, 5.74) is 2.99. The van der Waals surface area contributed by atoms with Crippen molar-refractivity contribution in [2.75, 3.05) is 25.0 Å². The van der Waals surface area contributed by atoms with E-state index in [2.05, 4.69) is 34.6 Å². The van der Waals surface area contributed by atoms with Crippen LogP contribution in [-0.2, 0) is 17.8 Å². The van der Waals surface area contributed by atoms with E-state index in [4.69, 9.17) is 16.3 Å². The molecule has 2 aromatic rings. The van der Waals surface area contributed by atoms with Gasteiger partial charge >= 0.3 is 6.03 Å². The minimum Gasteiger partial charge on any atom is -0.376 e. The molecule has 5 nitrogen and oxygen atoms in total. The van der Waals surface area contributed by atoms with E-state index in [1.54, 1.807) is 24.3 Å². The van der Waals surface area contributed by atoms with Crippen LogP contribution in [0.4, 0.5) is 10.5 Å². The van der Waals surface area contributed by atoms with Gasteiger partial charge in [0.05, 0.1) is 12.7 Å². The Hall–Kier alpha value is -2.08. The van der Waals surface area contributed by atoms with Crippen molar-refractivity contribution >= 4 is 23.3 Å². The van der Waals surface area contributed by atoms with Crippen LogP contribution < -0.4 is 10.6 Å². The van der Waals surface area contributed by atoms with Gasteiger partial charge in [-0.2, -0.15) is 0 Å². The van der Waals surface area contributed by atoms with Crippen LogP contribution in [0.3, 0.4) is 0 Å². The lowest BCUT2D eigenvalue weighted by Gasteiger charge is -2.31. The number of benzene rings is 2. The van der Waals surface area contributed by atoms with Crippen molar-refractivity contribution < 1.29 is 9.53 Å². The van der Waals surface area contributed by atoms with Gasteiger partial charge in [0.25, 0.3) is 0 Å². The van der Waals surface area contributed by atoms with E-state index < -0.39 is 0 Å². The van der Waals surface area contributed by atoms with Gasteiger partial charge in [-0.05, 0) is 36.2 Å². The topological polar surface area (TPSA) is 53.6 Å². The van der Waals surface area contributed by atoms with Crippen molar-refractivity contribution in [1.29, 1.82) is 0 Å². The van der Waals surface area contributed by atoms with E-state index in [9.17, 15) is 4.79 Å². The van der Waals surface area contributed by atoms with E-state index in [1.807, 2.05) is 12.1 Å². The third-order valence-corrected chi connectivity index (χ3v) is 4.49. The zero-order valence-corrected chi connectivity index (χ0v) is 15.6. The summed E-state index contributed by atoms with van der Waals surface area (Å²) in [6.45, 7) is 6.16. The summed E-state index contributed by atoms with van der Waals surface area (Å²) in [5, 5.41) is 6.25. The number of morpholine rings is 1. The van der Waals surface area contributed by atoms with E-state index >= 15 is 0 Å². The van der Waals surface area contributed by atoms with Crippen molar-refractivity contribution in [1.82, 2.24) is 10.2 Å². The first kappa shape index (κ1) is 18.7. The number of urea groups is 1. The maximum absolute atomic E-state index is 12.0. The summed E-state index contributed by atoms with van der Waals surface area (Å²) >= 11 is 5.92. The molecule has 0 spiro atoms. The van der Waals surface area contributed by atoms with Gasteiger partial charge in [-0.15, -0.1) is 0 Å². The molecular weight excluding hydrogens is 350 g/mol. The quantitative estimate of drug-likeness (QED) is 0.836. The van der Waals surface area contributed by atoms with Crippen molar-refractivity contribution in [3.05, 3.63) is 64.7 Å². The number of carbonyl (C=O) groups is 1. The molecule has 1 saturated heterocycles.